The minimum atomic E-state index is -3.78. The lowest BCUT2D eigenvalue weighted by atomic mass is 10.1. The first-order valence-corrected chi connectivity index (χ1v) is 13.1. The summed E-state index contributed by atoms with van der Waals surface area (Å²) in [7, 11) is -2.14. The van der Waals surface area contributed by atoms with E-state index in [0.29, 0.717) is 32.6 Å². The summed E-state index contributed by atoms with van der Waals surface area (Å²) in [5.74, 6) is 0.600. The van der Waals surface area contributed by atoms with Gasteiger partial charge >= 0.3 is 0 Å². The van der Waals surface area contributed by atoms with Crippen LogP contribution in [0, 0.1) is 0 Å². The van der Waals surface area contributed by atoms with Gasteiger partial charge in [-0.05, 0) is 47.7 Å². The van der Waals surface area contributed by atoms with Gasteiger partial charge in [0, 0.05) is 31.9 Å². The van der Waals surface area contributed by atoms with E-state index >= 15 is 0 Å². The minimum Gasteiger partial charge on any atom is -0.497 e. The lowest BCUT2D eigenvalue weighted by molar-refractivity contribution is -0.133. The van der Waals surface area contributed by atoms with Crippen LogP contribution in [0.5, 0.6) is 5.75 Å². The lowest BCUT2D eigenvalue weighted by Gasteiger charge is -2.37. The highest BCUT2D eigenvalue weighted by Gasteiger charge is 2.31. The third kappa shape index (κ3) is 5.73. The number of amides is 1. The van der Waals surface area contributed by atoms with Gasteiger partial charge in [-0.1, -0.05) is 36.4 Å². The van der Waals surface area contributed by atoms with Gasteiger partial charge in [-0.25, -0.2) is 8.42 Å². The molecule has 9 heteroatoms. The zero-order valence-corrected chi connectivity index (χ0v) is 20.0. The number of carbonyl (C=O) groups excluding carboxylic acids is 1. The van der Waals surface area contributed by atoms with E-state index in [1.165, 1.54) is 0 Å². The quantitative estimate of drug-likeness (QED) is 0.531. The second kappa shape index (κ2) is 10.4. The molecule has 0 aliphatic carbocycles. The molecule has 0 radical (unpaired) electrons. The second-order valence-corrected chi connectivity index (χ2v) is 10.7. The van der Waals surface area contributed by atoms with Crippen LogP contribution in [-0.2, 0) is 21.2 Å². The van der Waals surface area contributed by atoms with E-state index in [1.807, 2.05) is 54.6 Å². The summed E-state index contributed by atoms with van der Waals surface area (Å²) >= 11 is 1.13. The molecular weight excluding hydrogens is 458 g/mol. The summed E-state index contributed by atoms with van der Waals surface area (Å²) in [5.41, 5.74) is 1.98. The fraction of sp³-hybridized carbons (Fsp3) is 0.292. The van der Waals surface area contributed by atoms with Crippen LogP contribution in [0.3, 0.4) is 0 Å². The molecular formula is C24H27N3O4S2. The van der Waals surface area contributed by atoms with Gasteiger partial charge in [-0.15, -0.1) is 11.3 Å². The van der Waals surface area contributed by atoms with Gasteiger partial charge in [0.2, 0.25) is 5.91 Å². The number of carbonyl (C=O) groups is 1. The molecule has 33 heavy (non-hydrogen) atoms. The Hall–Kier alpha value is -2.88. The molecule has 7 nitrogen and oxygen atoms in total. The Morgan fingerprint density at radius 2 is 1.70 bits per heavy atom. The van der Waals surface area contributed by atoms with Gasteiger partial charge in [0.25, 0.3) is 10.0 Å². The van der Waals surface area contributed by atoms with Gasteiger partial charge in [-0.3, -0.25) is 4.79 Å². The smallest absolute Gasteiger partial charge is 0.250 e. The molecule has 2 heterocycles. The van der Waals surface area contributed by atoms with Crippen LogP contribution in [0.4, 0.5) is 5.69 Å². The predicted octanol–water partition coefficient (Wildman–Crippen LogP) is 3.00. The number of sulfonamides is 1. The number of nitrogens with one attached hydrogen (secondary N) is 1. The number of methoxy groups -OCH3 is 1. The third-order valence-corrected chi connectivity index (χ3v) is 8.54. The summed E-state index contributed by atoms with van der Waals surface area (Å²) < 4.78 is 33.8. The fourth-order valence-corrected chi connectivity index (χ4v) is 6.09. The van der Waals surface area contributed by atoms with Crippen LogP contribution in [0.15, 0.2) is 76.3 Å². The molecule has 1 atom stereocenters. The number of rotatable bonds is 8. The number of benzene rings is 2. The number of ether oxygens (including phenoxy) is 1. The molecule has 1 saturated heterocycles. The molecule has 0 saturated carbocycles. The van der Waals surface area contributed by atoms with E-state index in [0.717, 1.165) is 28.3 Å². The zero-order valence-electron chi connectivity index (χ0n) is 18.4. The highest BCUT2D eigenvalue weighted by molar-refractivity contribution is 7.91. The second-order valence-electron chi connectivity index (χ2n) is 7.81. The number of hydrogen-bond donors (Lipinski definition) is 1. The van der Waals surface area contributed by atoms with Crippen molar-refractivity contribution in [1.82, 2.24) is 9.62 Å². The maximum Gasteiger partial charge on any atom is 0.250 e. The minimum absolute atomic E-state index is 0.201. The van der Waals surface area contributed by atoms with E-state index in [9.17, 15) is 13.2 Å². The van der Waals surface area contributed by atoms with Crippen LogP contribution >= 0.6 is 11.3 Å². The number of hydrogen-bond acceptors (Lipinski definition) is 6. The number of anilines is 1. The van der Waals surface area contributed by atoms with Gasteiger partial charge < -0.3 is 14.5 Å². The van der Waals surface area contributed by atoms with Crippen molar-refractivity contribution in [3.05, 3.63) is 77.7 Å². The first-order chi connectivity index (χ1) is 16.0. The molecule has 174 valence electrons. The van der Waals surface area contributed by atoms with Crippen LogP contribution in [0.2, 0.25) is 0 Å². The van der Waals surface area contributed by atoms with Gasteiger partial charge in [0.05, 0.1) is 7.11 Å². The predicted molar refractivity (Wildman–Crippen MR) is 130 cm³/mol. The molecule has 1 aliphatic heterocycles. The molecule has 0 spiro atoms. The molecule has 0 unspecified atom stereocenters. The monoisotopic (exact) mass is 485 g/mol. The van der Waals surface area contributed by atoms with Crippen molar-refractivity contribution in [3.8, 4) is 5.75 Å². The number of piperazine rings is 1. The SMILES string of the molecule is COc1ccc(N2CCN(C(=O)[C@@H](Cc3ccccc3)NS(=O)(=O)c3cccs3)CC2)cc1. The van der Waals surface area contributed by atoms with Crippen molar-refractivity contribution in [2.75, 3.05) is 38.2 Å². The Morgan fingerprint density at radius 3 is 2.30 bits per heavy atom. The topological polar surface area (TPSA) is 79.0 Å². The number of thiophene rings is 1. The van der Waals surface area contributed by atoms with Crippen molar-refractivity contribution in [2.45, 2.75) is 16.7 Å². The Balaban J connectivity index is 1.46. The molecule has 2 aromatic carbocycles. The standard InChI is InChI=1S/C24H27N3O4S2/c1-31-21-11-9-20(10-12-21)26-13-15-27(16-14-26)24(28)22(18-19-6-3-2-4-7-19)25-33(29,30)23-8-5-17-32-23/h2-12,17,22,25H,13-16,18H2,1H3/t22-/m1/s1. The molecule has 1 amide bonds. The Bertz CT molecular complexity index is 1140. The molecule has 1 aliphatic rings. The fourth-order valence-electron chi connectivity index (χ4n) is 3.89. The summed E-state index contributed by atoms with van der Waals surface area (Å²) in [5, 5.41) is 1.71. The van der Waals surface area contributed by atoms with E-state index < -0.39 is 16.1 Å². The molecule has 4 rings (SSSR count). The summed E-state index contributed by atoms with van der Waals surface area (Å²) in [6, 6.07) is 19.7. The van der Waals surface area contributed by atoms with Crippen LogP contribution in [0.1, 0.15) is 5.56 Å². The normalized spacial score (nSPS) is 15.3. The first-order valence-electron chi connectivity index (χ1n) is 10.7. The Labute approximate surface area is 198 Å². The lowest BCUT2D eigenvalue weighted by Crippen LogP contribution is -2.55. The average Bonchev–Trinajstić information content (AvgIpc) is 3.40. The molecule has 1 aromatic heterocycles. The highest BCUT2D eigenvalue weighted by Crippen LogP contribution is 2.22. The Morgan fingerprint density at radius 1 is 1.00 bits per heavy atom. The average molecular weight is 486 g/mol. The maximum absolute atomic E-state index is 13.4. The number of nitrogens with zero attached hydrogens (tertiary/aromatic N) is 2. The maximum atomic E-state index is 13.4. The summed E-state index contributed by atoms with van der Waals surface area (Å²) in [4.78, 5) is 17.4. The van der Waals surface area contributed by atoms with Gasteiger partial charge in [0.1, 0.15) is 16.0 Å². The van der Waals surface area contributed by atoms with Crippen molar-refractivity contribution in [2.24, 2.45) is 0 Å². The van der Waals surface area contributed by atoms with Crippen LogP contribution in [-0.4, -0.2) is 58.6 Å². The van der Waals surface area contributed by atoms with Crippen molar-refractivity contribution in [1.29, 1.82) is 0 Å². The van der Waals surface area contributed by atoms with E-state index in [1.54, 1.807) is 29.5 Å². The van der Waals surface area contributed by atoms with E-state index in [-0.39, 0.29) is 10.1 Å². The van der Waals surface area contributed by atoms with Crippen LogP contribution < -0.4 is 14.4 Å². The summed E-state index contributed by atoms with van der Waals surface area (Å²) in [6.45, 7) is 2.40. The first kappa shape index (κ1) is 23.3. The molecule has 1 N–H and O–H groups in total. The van der Waals surface area contributed by atoms with Gasteiger partial charge in [0.15, 0.2) is 0 Å². The van der Waals surface area contributed by atoms with Crippen molar-refractivity contribution in [3.63, 3.8) is 0 Å². The highest BCUT2D eigenvalue weighted by atomic mass is 32.2. The molecule has 3 aromatic rings. The zero-order chi connectivity index (χ0) is 23.3. The Kier molecular flexibility index (Phi) is 7.32. The van der Waals surface area contributed by atoms with Crippen molar-refractivity contribution < 1.29 is 17.9 Å². The van der Waals surface area contributed by atoms with E-state index in [2.05, 4.69) is 9.62 Å². The van der Waals surface area contributed by atoms with Crippen LogP contribution in [0.25, 0.3) is 0 Å². The summed E-state index contributed by atoms with van der Waals surface area (Å²) in [6.07, 6.45) is 0.295. The van der Waals surface area contributed by atoms with Gasteiger partial charge in [-0.2, -0.15) is 4.72 Å². The van der Waals surface area contributed by atoms with Crippen molar-refractivity contribution >= 4 is 33.0 Å². The third-order valence-electron chi connectivity index (χ3n) is 5.67. The largest absolute Gasteiger partial charge is 0.497 e. The molecule has 0 bridgehead atoms. The van der Waals surface area contributed by atoms with E-state index in [4.69, 9.17) is 4.74 Å². The molecule has 1 fully saturated rings.